The molecule has 0 bridgehead atoms. The standard InChI is InChI=1S/C21H18N4O4/c22-11-15-20(14-5-1-2-6-16(14)24-21(15)23)19-10-9-13(29-19)12-28-18-8-4-3-7-17(18)25(26)27/h3-4,7-10H,1-2,5-6,12H2,(H2,23,24). The number of nitrogens with zero attached hydrogens (tertiary/aromatic N) is 3. The number of ether oxygens (including phenoxy) is 1. The van der Waals surface area contributed by atoms with Crippen molar-refractivity contribution in [2.45, 2.75) is 32.3 Å². The molecule has 29 heavy (non-hydrogen) atoms. The Labute approximate surface area is 166 Å². The van der Waals surface area contributed by atoms with Crippen LogP contribution in [0.25, 0.3) is 11.3 Å². The first-order chi connectivity index (χ1) is 14.1. The number of fused-ring (bicyclic) bond motifs is 1. The van der Waals surface area contributed by atoms with Gasteiger partial charge in [-0.1, -0.05) is 12.1 Å². The van der Waals surface area contributed by atoms with Crippen LogP contribution in [0.5, 0.6) is 5.75 Å². The first kappa shape index (κ1) is 18.5. The van der Waals surface area contributed by atoms with Gasteiger partial charge in [0, 0.05) is 17.3 Å². The van der Waals surface area contributed by atoms with Crippen LogP contribution in [-0.2, 0) is 19.4 Å². The number of para-hydroxylation sites is 2. The summed E-state index contributed by atoms with van der Waals surface area (Å²) >= 11 is 0. The predicted octanol–water partition coefficient (Wildman–Crippen LogP) is 4.16. The first-order valence-corrected chi connectivity index (χ1v) is 9.25. The number of nitro groups is 1. The minimum atomic E-state index is -0.492. The Bertz CT molecular complexity index is 1130. The van der Waals surface area contributed by atoms with Gasteiger partial charge in [0.2, 0.25) is 0 Å². The fraction of sp³-hybridized carbons (Fsp3) is 0.238. The zero-order valence-corrected chi connectivity index (χ0v) is 15.6. The number of nitro benzene ring substituents is 1. The number of pyridine rings is 1. The molecular formula is C21H18N4O4. The van der Waals surface area contributed by atoms with Crippen molar-refractivity contribution in [3.8, 4) is 23.1 Å². The van der Waals surface area contributed by atoms with Crippen LogP contribution < -0.4 is 10.5 Å². The summed E-state index contributed by atoms with van der Waals surface area (Å²) in [4.78, 5) is 15.0. The van der Waals surface area contributed by atoms with Crippen molar-refractivity contribution in [1.29, 1.82) is 5.26 Å². The van der Waals surface area contributed by atoms with Crippen LogP contribution in [0.4, 0.5) is 11.5 Å². The lowest BCUT2D eigenvalue weighted by Crippen LogP contribution is -2.11. The number of nitriles is 1. The molecule has 1 aliphatic rings. The van der Waals surface area contributed by atoms with E-state index < -0.39 is 4.92 Å². The smallest absolute Gasteiger partial charge is 0.310 e. The molecule has 3 aromatic rings. The second-order valence-corrected chi connectivity index (χ2v) is 6.77. The molecule has 0 amide bonds. The van der Waals surface area contributed by atoms with E-state index in [0.29, 0.717) is 22.6 Å². The van der Waals surface area contributed by atoms with Crippen LogP contribution >= 0.6 is 0 Å². The Kier molecular flexibility index (Phi) is 4.87. The lowest BCUT2D eigenvalue weighted by molar-refractivity contribution is -0.386. The minimum Gasteiger partial charge on any atom is -0.479 e. The molecule has 8 heteroatoms. The predicted molar refractivity (Wildman–Crippen MR) is 105 cm³/mol. The Morgan fingerprint density at radius 1 is 1.24 bits per heavy atom. The van der Waals surface area contributed by atoms with Crippen molar-refractivity contribution in [3.05, 3.63) is 69.1 Å². The number of aryl methyl sites for hydroxylation is 1. The molecule has 0 aliphatic heterocycles. The highest BCUT2D eigenvalue weighted by molar-refractivity contribution is 5.76. The zero-order valence-electron chi connectivity index (χ0n) is 15.6. The molecule has 0 fully saturated rings. The second-order valence-electron chi connectivity index (χ2n) is 6.77. The van der Waals surface area contributed by atoms with E-state index >= 15 is 0 Å². The van der Waals surface area contributed by atoms with E-state index in [2.05, 4.69) is 11.1 Å². The van der Waals surface area contributed by atoms with E-state index in [1.54, 1.807) is 24.3 Å². The topological polar surface area (TPSA) is 128 Å². The molecule has 0 unspecified atom stereocenters. The van der Waals surface area contributed by atoms with E-state index in [1.807, 2.05) is 0 Å². The average molecular weight is 390 g/mol. The highest BCUT2D eigenvalue weighted by Gasteiger charge is 2.24. The van der Waals surface area contributed by atoms with Crippen molar-refractivity contribution in [1.82, 2.24) is 4.98 Å². The summed E-state index contributed by atoms with van der Waals surface area (Å²) in [7, 11) is 0. The number of nitrogens with two attached hydrogens (primary N) is 1. The van der Waals surface area contributed by atoms with Gasteiger partial charge in [-0.15, -0.1) is 0 Å². The normalized spacial score (nSPS) is 12.8. The summed E-state index contributed by atoms with van der Waals surface area (Å²) in [5.74, 6) is 1.38. The number of anilines is 1. The molecule has 2 N–H and O–H groups in total. The molecule has 0 spiro atoms. The van der Waals surface area contributed by atoms with Gasteiger partial charge in [0.1, 0.15) is 35.6 Å². The summed E-state index contributed by atoms with van der Waals surface area (Å²) in [6.45, 7) is 0.0233. The lowest BCUT2D eigenvalue weighted by atomic mass is 9.89. The van der Waals surface area contributed by atoms with Crippen LogP contribution in [0.1, 0.15) is 35.4 Å². The van der Waals surface area contributed by atoms with Crippen LogP contribution in [-0.4, -0.2) is 9.91 Å². The van der Waals surface area contributed by atoms with Gasteiger partial charge in [0.05, 0.1) is 4.92 Å². The van der Waals surface area contributed by atoms with Crippen molar-refractivity contribution in [2.75, 3.05) is 5.73 Å². The van der Waals surface area contributed by atoms with Crippen molar-refractivity contribution in [2.24, 2.45) is 0 Å². The van der Waals surface area contributed by atoms with Crippen LogP contribution in [0, 0.1) is 21.4 Å². The quantitative estimate of drug-likeness (QED) is 0.511. The van der Waals surface area contributed by atoms with Crippen LogP contribution in [0.2, 0.25) is 0 Å². The van der Waals surface area contributed by atoms with E-state index in [-0.39, 0.29) is 23.9 Å². The maximum Gasteiger partial charge on any atom is 0.310 e. The van der Waals surface area contributed by atoms with E-state index in [1.165, 1.54) is 12.1 Å². The minimum absolute atomic E-state index is 0.0233. The summed E-state index contributed by atoms with van der Waals surface area (Å²) in [5, 5.41) is 20.7. The second kappa shape index (κ2) is 7.64. The Hall–Kier alpha value is -3.86. The van der Waals surface area contributed by atoms with Gasteiger partial charge in [-0.3, -0.25) is 10.1 Å². The third-order valence-corrected chi connectivity index (χ3v) is 4.95. The number of aromatic nitrogens is 1. The number of nitrogen functional groups attached to an aromatic ring is 1. The van der Waals surface area contributed by atoms with Gasteiger partial charge in [0.25, 0.3) is 0 Å². The third kappa shape index (κ3) is 3.50. The molecule has 0 saturated carbocycles. The fourth-order valence-electron chi connectivity index (χ4n) is 3.62. The number of hydrogen-bond donors (Lipinski definition) is 1. The van der Waals surface area contributed by atoms with Gasteiger partial charge >= 0.3 is 5.69 Å². The van der Waals surface area contributed by atoms with E-state index in [9.17, 15) is 15.4 Å². The molecular weight excluding hydrogens is 372 g/mol. The summed E-state index contributed by atoms with van der Waals surface area (Å²) < 4.78 is 11.5. The molecule has 2 heterocycles. The van der Waals surface area contributed by atoms with Crippen molar-refractivity contribution < 1.29 is 14.1 Å². The molecule has 0 saturated heterocycles. The number of furan rings is 1. The van der Waals surface area contributed by atoms with E-state index in [4.69, 9.17) is 14.9 Å². The number of benzene rings is 1. The maximum atomic E-state index is 11.1. The van der Waals surface area contributed by atoms with Gasteiger partial charge in [-0.05, 0) is 49.4 Å². The molecule has 146 valence electrons. The maximum absolute atomic E-state index is 11.1. The Morgan fingerprint density at radius 2 is 2.03 bits per heavy atom. The largest absolute Gasteiger partial charge is 0.479 e. The summed E-state index contributed by atoms with van der Waals surface area (Å²) in [5.41, 5.74) is 8.82. The fourth-order valence-corrected chi connectivity index (χ4v) is 3.62. The molecule has 1 aliphatic carbocycles. The van der Waals surface area contributed by atoms with Crippen LogP contribution in [0.3, 0.4) is 0 Å². The van der Waals surface area contributed by atoms with Gasteiger partial charge < -0.3 is 14.9 Å². The number of hydrogen-bond acceptors (Lipinski definition) is 7. The zero-order chi connectivity index (χ0) is 20.4. The molecule has 4 rings (SSSR count). The Balaban J connectivity index is 1.65. The molecule has 0 radical (unpaired) electrons. The summed E-state index contributed by atoms with van der Waals surface area (Å²) in [6, 6.07) is 11.8. The van der Waals surface area contributed by atoms with E-state index in [0.717, 1.165) is 36.9 Å². The Morgan fingerprint density at radius 3 is 2.83 bits per heavy atom. The molecule has 1 aromatic carbocycles. The molecule has 8 nitrogen and oxygen atoms in total. The first-order valence-electron chi connectivity index (χ1n) is 9.25. The molecule has 0 atom stereocenters. The lowest BCUT2D eigenvalue weighted by Gasteiger charge is -2.19. The van der Waals surface area contributed by atoms with Gasteiger partial charge in [-0.25, -0.2) is 4.98 Å². The van der Waals surface area contributed by atoms with Gasteiger partial charge in [0.15, 0.2) is 5.75 Å². The molecule has 2 aromatic heterocycles. The van der Waals surface area contributed by atoms with Gasteiger partial charge in [-0.2, -0.15) is 5.26 Å². The van der Waals surface area contributed by atoms with Crippen LogP contribution in [0.15, 0.2) is 40.8 Å². The average Bonchev–Trinajstić information content (AvgIpc) is 3.20. The van der Waals surface area contributed by atoms with Crippen molar-refractivity contribution >= 4 is 11.5 Å². The monoisotopic (exact) mass is 390 g/mol. The highest BCUT2D eigenvalue weighted by Crippen LogP contribution is 2.37. The number of rotatable bonds is 5. The third-order valence-electron chi connectivity index (χ3n) is 4.95. The highest BCUT2D eigenvalue weighted by atomic mass is 16.6. The SMILES string of the molecule is N#Cc1c(N)nc2c(c1-c1ccc(COc3ccccc3[N+](=O)[O-])o1)CCCC2. The summed E-state index contributed by atoms with van der Waals surface area (Å²) in [6.07, 6.45) is 3.70. The van der Waals surface area contributed by atoms with Crippen molar-refractivity contribution in [3.63, 3.8) is 0 Å².